The zero-order valence-corrected chi connectivity index (χ0v) is 15.1. The smallest absolute Gasteiger partial charge is 0.435 e. The fraction of sp³-hybridized carbons (Fsp3) is 0.300. The van der Waals surface area contributed by atoms with E-state index in [1.807, 2.05) is 30.3 Å². The number of amides is 1. The average molecular weight is 357 g/mol. The van der Waals surface area contributed by atoms with Gasteiger partial charge in [0.05, 0.1) is 0 Å². The maximum Gasteiger partial charge on any atom is 0.435 e. The van der Waals surface area contributed by atoms with Gasteiger partial charge < -0.3 is 9.47 Å². The molecule has 0 fully saturated rings. The Morgan fingerprint density at radius 1 is 1.00 bits per heavy atom. The van der Waals surface area contributed by atoms with Gasteiger partial charge in [-0.25, -0.2) is 9.59 Å². The Balaban J connectivity index is 2.18. The number of nitrogens with zero attached hydrogens (tertiary/aromatic N) is 1. The number of rotatable bonds is 5. The van der Waals surface area contributed by atoms with Gasteiger partial charge in [-0.3, -0.25) is 5.21 Å². The van der Waals surface area contributed by atoms with Crippen molar-refractivity contribution in [1.82, 2.24) is 5.06 Å². The summed E-state index contributed by atoms with van der Waals surface area (Å²) in [5.74, 6) is -0.756. The van der Waals surface area contributed by atoms with Crippen LogP contribution < -0.4 is 0 Å². The molecule has 0 saturated carbocycles. The molecule has 1 amide bonds. The SMILES string of the molecule is CC(C)(C)OC(=O)N(O)[C@H](C(=O)OCc1ccccc1)c1ccccc1. The van der Waals surface area contributed by atoms with Crippen molar-refractivity contribution >= 4 is 12.1 Å². The van der Waals surface area contributed by atoms with E-state index in [-0.39, 0.29) is 11.7 Å². The first-order chi connectivity index (χ1) is 12.3. The number of hydroxylamine groups is 2. The molecule has 0 aliphatic rings. The molecule has 6 nitrogen and oxygen atoms in total. The van der Waals surface area contributed by atoms with Crippen LogP contribution in [0, 0.1) is 0 Å². The topological polar surface area (TPSA) is 76.1 Å². The fourth-order valence-electron chi connectivity index (χ4n) is 2.23. The second kappa shape index (κ2) is 8.49. The first-order valence-corrected chi connectivity index (χ1v) is 8.24. The molecule has 1 N–H and O–H groups in total. The first kappa shape index (κ1) is 19.5. The third kappa shape index (κ3) is 5.60. The molecule has 0 unspecified atom stereocenters. The van der Waals surface area contributed by atoms with Crippen molar-refractivity contribution in [1.29, 1.82) is 0 Å². The molecule has 0 saturated heterocycles. The van der Waals surface area contributed by atoms with Crippen molar-refractivity contribution in [2.45, 2.75) is 39.0 Å². The van der Waals surface area contributed by atoms with Gasteiger partial charge in [0.15, 0.2) is 6.04 Å². The third-order valence-electron chi connectivity index (χ3n) is 3.39. The van der Waals surface area contributed by atoms with Crippen LogP contribution in [0.3, 0.4) is 0 Å². The number of hydrogen-bond acceptors (Lipinski definition) is 5. The van der Waals surface area contributed by atoms with Crippen LogP contribution in [0.2, 0.25) is 0 Å². The largest absolute Gasteiger partial charge is 0.459 e. The molecule has 0 aromatic heterocycles. The predicted molar refractivity (Wildman–Crippen MR) is 95.3 cm³/mol. The molecule has 0 aliphatic heterocycles. The highest BCUT2D eigenvalue weighted by Gasteiger charge is 2.34. The number of ether oxygens (including phenoxy) is 2. The number of carbonyl (C=O) groups is 2. The lowest BCUT2D eigenvalue weighted by molar-refractivity contribution is -0.172. The number of esters is 1. The van der Waals surface area contributed by atoms with Crippen LogP contribution in [0.1, 0.15) is 37.9 Å². The van der Waals surface area contributed by atoms with E-state index in [0.29, 0.717) is 5.56 Å². The lowest BCUT2D eigenvalue weighted by Crippen LogP contribution is -2.40. The Morgan fingerprint density at radius 2 is 1.54 bits per heavy atom. The van der Waals surface area contributed by atoms with E-state index in [1.165, 1.54) is 0 Å². The van der Waals surface area contributed by atoms with Gasteiger partial charge in [0.1, 0.15) is 12.2 Å². The van der Waals surface area contributed by atoms with Gasteiger partial charge >= 0.3 is 12.1 Å². The Bertz CT molecular complexity index is 725. The average Bonchev–Trinajstić information content (AvgIpc) is 2.60. The quantitative estimate of drug-likeness (QED) is 0.495. The summed E-state index contributed by atoms with van der Waals surface area (Å²) in [4.78, 5) is 24.8. The molecule has 0 heterocycles. The van der Waals surface area contributed by atoms with Crippen LogP contribution >= 0.6 is 0 Å². The monoisotopic (exact) mass is 357 g/mol. The molecule has 26 heavy (non-hydrogen) atoms. The number of benzene rings is 2. The zero-order chi connectivity index (χ0) is 19.2. The van der Waals surface area contributed by atoms with E-state index in [9.17, 15) is 14.8 Å². The van der Waals surface area contributed by atoms with Gasteiger partial charge in [0, 0.05) is 0 Å². The molecule has 2 aromatic carbocycles. The van der Waals surface area contributed by atoms with Crippen molar-refractivity contribution in [3.05, 3.63) is 71.8 Å². The molecule has 2 aromatic rings. The predicted octanol–water partition coefficient (Wildman–Crippen LogP) is 4.10. The maximum absolute atomic E-state index is 12.6. The number of carbonyl (C=O) groups excluding carboxylic acids is 2. The molecule has 0 spiro atoms. The lowest BCUT2D eigenvalue weighted by atomic mass is 10.1. The summed E-state index contributed by atoms with van der Waals surface area (Å²) >= 11 is 0. The summed E-state index contributed by atoms with van der Waals surface area (Å²) in [5, 5.41) is 10.6. The summed E-state index contributed by atoms with van der Waals surface area (Å²) in [6, 6.07) is 16.3. The van der Waals surface area contributed by atoms with Gasteiger partial charge in [-0.15, -0.1) is 0 Å². The molecule has 0 aliphatic carbocycles. The molecule has 6 heteroatoms. The van der Waals surface area contributed by atoms with Crippen LogP contribution in [0.4, 0.5) is 4.79 Å². The second-order valence-electron chi connectivity index (χ2n) is 6.73. The molecule has 0 bridgehead atoms. The Hall–Kier alpha value is -2.86. The van der Waals surface area contributed by atoms with E-state index in [1.54, 1.807) is 51.1 Å². The van der Waals surface area contributed by atoms with Crippen molar-refractivity contribution < 1.29 is 24.3 Å². The highest BCUT2D eigenvalue weighted by Crippen LogP contribution is 2.23. The van der Waals surface area contributed by atoms with E-state index in [2.05, 4.69) is 0 Å². The minimum atomic E-state index is -1.32. The molecule has 0 radical (unpaired) electrons. The summed E-state index contributed by atoms with van der Waals surface area (Å²) in [6.45, 7) is 5.04. The molecule has 2 rings (SSSR count). The van der Waals surface area contributed by atoms with E-state index in [4.69, 9.17) is 9.47 Å². The van der Waals surface area contributed by atoms with E-state index >= 15 is 0 Å². The Labute approximate surface area is 152 Å². The minimum absolute atomic E-state index is 0.0329. The van der Waals surface area contributed by atoms with E-state index in [0.717, 1.165) is 5.56 Å². The van der Waals surface area contributed by atoms with Crippen LogP contribution in [0.15, 0.2) is 60.7 Å². The second-order valence-corrected chi connectivity index (χ2v) is 6.73. The highest BCUT2D eigenvalue weighted by molar-refractivity contribution is 5.82. The third-order valence-corrected chi connectivity index (χ3v) is 3.39. The van der Waals surface area contributed by atoms with E-state index < -0.39 is 23.7 Å². The number of hydrogen-bond donors (Lipinski definition) is 1. The standard InChI is InChI=1S/C20H23NO5/c1-20(2,3)26-19(23)21(24)17(16-12-8-5-9-13-16)18(22)25-14-15-10-6-4-7-11-15/h4-13,17,24H,14H2,1-3H3/t17-/m0/s1. The normalized spacial score (nSPS) is 12.2. The van der Waals surface area contributed by atoms with Crippen LogP contribution in [0.25, 0.3) is 0 Å². The van der Waals surface area contributed by atoms with Gasteiger partial charge in [-0.05, 0) is 31.9 Å². The van der Waals surface area contributed by atoms with Gasteiger partial charge in [-0.1, -0.05) is 60.7 Å². The minimum Gasteiger partial charge on any atom is -0.459 e. The molecule has 138 valence electrons. The summed E-state index contributed by atoms with van der Waals surface area (Å²) in [7, 11) is 0. The Morgan fingerprint density at radius 3 is 2.08 bits per heavy atom. The van der Waals surface area contributed by atoms with Crippen molar-refractivity contribution in [3.8, 4) is 0 Å². The summed E-state index contributed by atoms with van der Waals surface area (Å²) < 4.78 is 10.4. The summed E-state index contributed by atoms with van der Waals surface area (Å²) in [5.41, 5.74) is 0.404. The van der Waals surface area contributed by atoms with Crippen molar-refractivity contribution in [2.75, 3.05) is 0 Å². The van der Waals surface area contributed by atoms with Gasteiger partial charge in [0.25, 0.3) is 0 Å². The zero-order valence-electron chi connectivity index (χ0n) is 15.1. The first-order valence-electron chi connectivity index (χ1n) is 8.24. The maximum atomic E-state index is 12.6. The van der Waals surface area contributed by atoms with Crippen LogP contribution in [-0.4, -0.2) is 27.9 Å². The molecule has 1 atom stereocenters. The van der Waals surface area contributed by atoms with Gasteiger partial charge in [-0.2, -0.15) is 5.06 Å². The highest BCUT2D eigenvalue weighted by atomic mass is 16.6. The van der Waals surface area contributed by atoms with Gasteiger partial charge in [0.2, 0.25) is 0 Å². The van der Waals surface area contributed by atoms with Crippen LogP contribution in [-0.2, 0) is 20.9 Å². The Kier molecular flexibility index (Phi) is 6.36. The van der Waals surface area contributed by atoms with Crippen LogP contribution in [0.5, 0.6) is 0 Å². The summed E-state index contributed by atoms with van der Waals surface area (Å²) in [6.07, 6.45) is -1.02. The fourth-order valence-corrected chi connectivity index (χ4v) is 2.23. The van der Waals surface area contributed by atoms with Crippen molar-refractivity contribution in [3.63, 3.8) is 0 Å². The lowest BCUT2D eigenvalue weighted by Gasteiger charge is -2.28. The van der Waals surface area contributed by atoms with Crippen molar-refractivity contribution in [2.24, 2.45) is 0 Å². The molecular formula is C20H23NO5. The molecular weight excluding hydrogens is 334 g/mol.